The summed E-state index contributed by atoms with van der Waals surface area (Å²) in [6.45, 7) is 2.96. The number of nitrogens with zero attached hydrogens (tertiary/aromatic N) is 1. The summed E-state index contributed by atoms with van der Waals surface area (Å²) in [5, 5.41) is 5.39. The fourth-order valence-electron chi connectivity index (χ4n) is 2.12. The van der Waals surface area contributed by atoms with E-state index in [-0.39, 0.29) is 30.3 Å². The van der Waals surface area contributed by atoms with Gasteiger partial charge in [-0.25, -0.2) is 0 Å². The van der Waals surface area contributed by atoms with Gasteiger partial charge in [-0.3, -0.25) is 14.4 Å². The summed E-state index contributed by atoms with van der Waals surface area (Å²) in [6, 6.07) is 7.10. The van der Waals surface area contributed by atoms with Crippen molar-refractivity contribution >= 4 is 29.1 Å². The zero-order valence-electron chi connectivity index (χ0n) is 12.2. The molecule has 112 valence electrons. The topological polar surface area (TPSA) is 78.5 Å². The standard InChI is InChI=1S/C15H19N3O3/c1-10(19)16-12-4-3-5-13(8-12)17-15(21)9-18(11(2)20)14-6-7-14/h3-5,8,14H,6-7,9H2,1-2H3,(H,16,19)(H,17,21). The molecule has 2 N–H and O–H groups in total. The van der Waals surface area contributed by atoms with E-state index in [1.807, 2.05) is 0 Å². The lowest BCUT2D eigenvalue weighted by Crippen LogP contribution is -2.38. The second kappa shape index (κ2) is 6.39. The molecular formula is C15H19N3O3. The average Bonchev–Trinajstić information content (AvgIpc) is 3.19. The van der Waals surface area contributed by atoms with Crippen LogP contribution in [0.4, 0.5) is 11.4 Å². The van der Waals surface area contributed by atoms with E-state index in [4.69, 9.17) is 0 Å². The first-order chi connectivity index (χ1) is 9.95. The third-order valence-electron chi connectivity index (χ3n) is 3.17. The molecular weight excluding hydrogens is 270 g/mol. The van der Waals surface area contributed by atoms with Crippen LogP contribution in [0.2, 0.25) is 0 Å². The molecule has 0 bridgehead atoms. The number of benzene rings is 1. The van der Waals surface area contributed by atoms with Crippen molar-refractivity contribution in [3.05, 3.63) is 24.3 Å². The molecule has 21 heavy (non-hydrogen) atoms. The molecule has 0 saturated heterocycles. The summed E-state index contributed by atoms with van der Waals surface area (Å²) in [5.41, 5.74) is 1.21. The molecule has 1 aliphatic rings. The van der Waals surface area contributed by atoms with Crippen LogP contribution in [-0.4, -0.2) is 35.2 Å². The summed E-state index contributed by atoms with van der Waals surface area (Å²) < 4.78 is 0. The number of hydrogen-bond acceptors (Lipinski definition) is 3. The van der Waals surface area contributed by atoms with E-state index in [1.165, 1.54) is 13.8 Å². The van der Waals surface area contributed by atoms with E-state index in [0.717, 1.165) is 12.8 Å². The van der Waals surface area contributed by atoms with Gasteiger partial charge in [0, 0.05) is 31.3 Å². The van der Waals surface area contributed by atoms with Crippen LogP contribution in [0, 0.1) is 0 Å². The molecule has 0 heterocycles. The van der Waals surface area contributed by atoms with Crippen LogP contribution in [0.5, 0.6) is 0 Å². The lowest BCUT2D eigenvalue weighted by Gasteiger charge is -2.19. The molecule has 1 fully saturated rings. The molecule has 2 rings (SSSR count). The van der Waals surface area contributed by atoms with Crippen molar-refractivity contribution in [2.75, 3.05) is 17.2 Å². The lowest BCUT2D eigenvalue weighted by molar-refractivity contribution is -0.133. The Kier molecular flexibility index (Phi) is 4.57. The van der Waals surface area contributed by atoms with Crippen molar-refractivity contribution in [3.8, 4) is 0 Å². The van der Waals surface area contributed by atoms with Crippen molar-refractivity contribution < 1.29 is 14.4 Å². The maximum Gasteiger partial charge on any atom is 0.244 e. The van der Waals surface area contributed by atoms with Gasteiger partial charge >= 0.3 is 0 Å². The van der Waals surface area contributed by atoms with Gasteiger partial charge in [-0.05, 0) is 31.0 Å². The number of amides is 3. The van der Waals surface area contributed by atoms with Gasteiger partial charge in [-0.2, -0.15) is 0 Å². The maximum atomic E-state index is 12.0. The Morgan fingerprint density at radius 3 is 2.29 bits per heavy atom. The van der Waals surface area contributed by atoms with Gasteiger partial charge in [0.2, 0.25) is 17.7 Å². The lowest BCUT2D eigenvalue weighted by atomic mass is 10.2. The predicted octanol–water partition coefficient (Wildman–Crippen LogP) is 1.59. The smallest absolute Gasteiger partial charge is 0.244 e. The SMILES string of the molecule is CC(=O)Nc1cccc(NC(=O)CN(C(C)=O)C2CC2)c1. The highest BCUT2D eigenvalue weighted by molar-refractivity contribution is 5.95. The van der Waals surface area contributed by atoms with Crippen molar-refractivity contribution in [2.24, 2.45) is 0 Å². The van der Waals surface area contributed by atoms with Crippen LogP contribution in [0.3, 0.4) is 0 Å². The molecule has 0 aliphatic heterocycles. The van der Waals surface area contributed by atoms with Crippen LogP contribution in [0.1, 0.15) is 26.7 Å². The highest BCUT2D eigenvalue weighted by Gasteiger charge is 2.31. The summed E-state index contributed by atoms with van der Waals surface area (Å²) >= 11 is 0. The fraction of sp³-hybridized carbons (Fsp3) is 0.400. The minimum atomic E-state index is -0.239. The molecule has 6 heteroatoms. The van der Waals surface area contributed by atoms with Crippen LogP contribution in [-0.2, 0) is 14.4 Å². The molecule has 0 unspecified atom stereocenters. The molecule has 1 aliphatic carbocycles. The largest absolute Gasteiger partial charge is 0.331 e. The van der Waals surface area contributed by atoms with Crippen molar-refractivity contribution in [2.45, 2.75) is 32.7 Å². The van der Waals surface area contributed by atoms with Crippen LogP contribution in [0.15, 0.2) is 24.3 Å². The highest BCUT2D eigenvalue weighted by atomic mass is 16.2. The number of carbonyl (C=O) groups excluding carboxylic acids is 3. The minimum absolute atomic E-state index is 0.0599. The third kappa shape index (κ3) is 4.59. The van der Waals surface area contributed by atoms with Gasteiger partial charge in [-0.1, -0.05) is 6.07 Å². The summed E-state index contributed by atoms with van der Waals surface area (Å²) in [4.78, 5) is 36.1. The highest BCUT2D eigenvalue weighted by Crippen LogP contribution is 2.26. The Balaban J connectivity index is 1.95. The number of nitrogens with one attached hydrogen (secondary N) is 2. The van der Waals surface area contributed by atoms with E-state index in [0.29, 0.717) is 11.4 Å². The van der Waals surface area contributed by atoms with E-state index < -0.39 is 0 Å². The quantitative estimate of drug-likeness (QED) is 0.864. The molecule has 1 saturated carbocycles. The number of carbonyl (C=O) groups is 3. The molecule has 6 nitrogen and oxygen atoms in total. The summed E-state index contributed by atoms with van der Waals surface area (Å²) in [6.07, 6.45) is 1.93. The van der Waals surface area contributed by atoms with Gasteiger partial charge in [-0.15, -0.1) is 0 Å². The minimum Gasteiger partial charge on any atom is -0.331 e. The second-order valence-electron chi connectivity index (χ2n) is 5.19. The Morgan fingerprint density at radius 2 is 1.76 bits per heavy atom. The van der Waals surface area contributed by atoms with Crippen LogP contribution >= 0.6 is 0 Å². The molecule has 3 amide bonds. The molecule has 1 aromatic carbocycles. The van der Waals surface area contributed by atoms with E-state index in [2.05, 4.69) is 10.6 Å². The maximum absolute atomic E-state index is 12.0. The normalized spacial score (nSPS) is 13.4. The van der Waals surface area contributed by atoms with Crippen molar-refractivity contribution in [1.29, 1.82) is 0 Å². The van der Waals surface area contributed by atoms with Crippen molar-refractivity contribution in [3.63, 3.8) is 0 Å². The Morgan fingerprint density at radius 1 is 1.14 bits per heavy atom. The first kappa shape index (κ1) is 15.0. The molecule has 1 aromatic rings. The zero-order chi connectivity index (χ0) is 15.4. The van der Waals surface area contributed by atoms with E-state index in [9.17, 15) is 14.4 Å². The second-order valence-corrected chi connectivity index (χ2v) is 5.19. The number of rotatable bonds is 5. The Bertz CT molecular complexity index is 567. The van der Waals surface area contributed by atoms with Gasteiger partial charge in [0.15, 0.2) is 0 Å². The van der Waals surface area contributed by atoms with Gasteiger partial charge in [0.1, 0.15) is 6.54 Å². The number of hydrogen-bond donors (Lipinski definition) is 2. The third-order valence-corrected chi connectivity index (χ3v) is 3.17. The van der Waals surface area contributed by atoms with Crippen LogP contribution < -0.4 is 10.6 Å². The summed E-state index contributed by atoms with van der Waals surface area (Å²) in [7, 11) is 0. The Hall–Kier alpha value is -2.37. The van der Waals surface area contributed by atoms with Crippen molar-refractivity contribution in [1.82, 2.24) is 4.90 Å². The fourth-order valence-corrected chi connectivity index (χ4v) is 2.12. The molecule has 0 spiro atoms. The molecule has 0 aromatic heterocycles. The monoisotopic (exact) mass is 289 g/mol. The first-order valence-electron chi connectivity index (χ1n) is 6.90. The zero-order valence-corrected chi connectivity index (χ0v) is 12.2. The molecule has 0 radical (unpaired) electrons. The van der Waals surface area contributed by atoms with Gasteiger partial charge in [0.25, 0.3) is 0 Å². The van der Waals surface area contributed by atoms with Crippen LogP contribution in [0.25, 0.3) is 0 Å². The average molecular weight is 289 g/mol. The van der Waals surface area contributed by atoms with Gasteiger partial charge < -0.3 is 15.5 Å². The van der Waals surface area contributed by atoms with Gasteiger partial charge in [0.05, 0.1) is 0 Å². The Labute approximate surface area is 123 Å². The number of anilines is 2. The summed E-state index contributed by atoms with van der Waals surface area (Å²) in [5.74, 6) is -0.494. The predicted molar refractivity (Wildman–Crippen MR) is 79.8 cm³/mol. The van der Waals surface area contributed by atoms with E-state index >= 15 is 0 Å². The first-order valence-corrected chi connectivity index (χ1v) is 6.90. The van der Waals surface area contributed by atoms with E-state index in [1.54, 1.807) is 29.2 Å². The molecule has 0 atom stereocenters.